The molecule has 0 radical (unpaired) electrons. The largest absolute Gasteiger partial charge is 0.413 e. The van der Waals surface area contributed by atoms with Gasteiger partial charge in [0.2, 0.25) is 0 Å². The summed E-state index contributed by atoms with van der Waals surface area (Å²) < 4.78 is 17.9. The lowest BCUT2D eigenvalue weighted by molar-refractivity contribution is -0.116. The van der Waals surface area contributed by atoms with E-state index in [4.69, 9.17) is 13.9 Å². The first kappa shape index (κ1) is 21.0. The molecule has 1 aromatic rings. The zero-order valence-corrected chi connectivity index (χ0v) is 17.7. The second-order valence-electron chi connectivity index (χ2n) is 8.42. The van der Waals surface area contributed by atoms with E-state index in [1.54, 1.807) is 6.08 Å². The van der Waals surface area contributed by atoms with E-state index >= 15 is 0 Å². The first-order valence-corrected chi connectivity index (χ1v) is 12.2. The quantitative estimate of drug-likeness (QED) is 0.387. The Labute approximate surface area is 158 Å². The molecule has 1 aromatic carbocycles. The van der Waals surface area contributed by atoms with Gasteiger partial charge in [0.15, 0.2) is 14.1 Å². The van der Waals surface area contributed by atoms with Crippen molar-refractivity contribution in [2.45, 2.75) is 70.6 Å². The van der Waals surface area contributed by atoms with Crippen molar-refractivity contribution in [3.05, 3.63) is 48.0 Å². The van der Waals surface area contributed by atoms with E-state index in [2.05, 4.69) is 33.9 Å². The fraction of sp³-hybridized carbons (Fsp3) is 0.571. The topological polar surface area (TPSA) is 44.8 Å². The van der Waals surface area contributed by atoms with Crippen LogP contribution in [-0.2, 0) is 25.3 Å². The summed E-state index contributed by atoms with van der Waals surface area (Å²) in [5.74, 6) is 0.102. The molecule has 0 unspecified atom stereocenters. The van der Waals surface area contributed by atoms with Gasteiger partial charge in [0.05, 0.1) is 18.8 Å². The van der Waals surface area contributed by atoms with Crippen molar-refractivity contribution in [2.75, 3.05) is 6.79 Å². The molecule has 0 saturated heterocycles. The van der Waals surface area contributed by atoms with Gasteiger partial charge in [-0.15, -0.1) is 0 Å². The van der Waals surface area contributed by atoms with Crippen LogP contribution in [0.3, 0.4) is 0 Å². The van der Waals surface area contributed by atoms with Crippen molar-refractivity contribution in [1.82, 2.24) is 0 Å². The molecule has 4 nitrogen and oxygen atoms in total. The summed E-state index contributed by atoms with van der Waals surface area (Å²) in [5.41, 5.74) is 1.11. The number of ketones is 1. The molecule has 2 atom stereocenters. The van der Waals surface area contributed by atoms with Gasteiger partial charge in [-0.1, -0.05) is 57.2 Å². The van der Waals surface area contributed by atoms with Crippen LogP contribution in [0.2, 0.25) is 18.1 Å². The van der Waals surface area contributed by atoms with Crippen LogP contribution in [0, 0.1) is 0 Å². The highest BCUT2D eigenvalue weighted by molar-refractivity contribution is 6.74. The molecular formula is C21H32O4Si. The predicted octanol–water partition coefficient (Wildman–Crippen LogP) is 4.86. The van der Waals surface area contributed by atoms with Gasteiger partial charge in [0.1, 0.15) is 6.79 Å². The number of rotatable bonds is 7. The Morgan fingerprint density at radius 1 is 1.15 bits per heavy atom. The third kappa shape index (κ3) is 6.47. The molecule has 0 fully saturated rings. The third-order valence-electron chi connectivity index (χ3n) is 5.17. The zero-order chi connectivity index (χ0) is 19.2. The Morgan fingerprint density at radius 3 is 2.50 bits per heavy atom. The molecule has 1 aliphatic rings. The van der Waals surface area contributed by atoms with Crippen LogP contribution in [0.25, 0.3) is 0 Å². The van der Waals surface area contributed by atoms with Crippen LogP contribution >= 0.6 is 0 Å². The van der Waals surface area contributed by atoms with Crippen molar-refractivity contribution < 1.29 is 18.7 Å². The maximum atomic E-state index is 12.1. The van der Waals surface area contributed by atoms with Crippen molar-refractivity contribution in [2.24, 2.45) is 0 Å². The average molecular weight is 377 g/mol. The summed E-state index contributed by atoms with van der Waals surface area (Å²) in [4.78, 5) is 12.1. The van der Waals surface area contributed by atoms with Crippen molar-refractivity contribution in [3.63, 3.8) is 0 Å². The molecule has 0 saturated carbocycles. The Bertz CT molecular complexity index is 604. The Hall–Kier alpha value is -1.27. The normalized spacial score (nSPS) is 21.7. The van der Waals surface area contributed by atoms with Crippen molar-refractivity contribution in [3.8, 4) is 0 Å². The standard InChI is InChI=1S/C21H32O4Si/c1-21(2,3)26(4,5)25-20-13-18(22)11-12-19(14-20)24-16-23-15-17-9-7-6-8-10-17/h6-12,19-20H,13-16H2,1-5H3/t19-,20+/m0/s1. The van der Waals surface area contributed by atoms with Gasteiger partial charge in [-0.2, -0.15) is 0 Å². The van der Waals surface area contributed by atoms with E-state index in [1.165, 1.54) is 0 Å². The van der Waals surface area contributed by atoms with Crippen LogP contribution in [0.15, 0.2) is 42.5 Å². The number of ether oxygens (including phenoxy) is 2. The summed E-state index contributed by atoms with van der Waals surface area (Å²) in [6.45, 7) is 11.8. The smallest absolute Gasteiger partial charge is 0.192 e. The van der Waals surface area contributed by atoms with E-state index in [0.29, 0.717) is 19.4 Å². The molecule has 0 heterocycles. The van der Waals surface area contributed by atoms with E-state index in [-0.39, 0.29) is 29.8 Å². The highest BCUT2D eigenvalue weighted by Gasteiger charge is 2.40. The zero-order valence-electron chi connectivity index (χ0n) is 16.7. The maximum Gasteiger partial charge on any atom is 0.192 e. The van der Waals surface area contributed by atoms with Crippen LogP contribution < -0.4 is 0 Å². The van der Waals surface area contributed by atoms with Gasteiger partial charge in [-0.05, 0) is 29.8 Å². The molecule has 0 amide bonds. The lowest BCUT2D eigenvalue weighted by Crippen LogP contribution is -2.44. The fourth-order valence-corrected chi connectivity index (χ4v) is 3.97. The summed E-state index contributed by atoms with van der Waals surface area (Å²) in [7, 11) is -1.92. The summed E-state index contributed by atoms with van der Waals surface area (Å²) in [6.07, 6.45) is 4.31. The van der Waals surface area contributed by atoms with Crippen LogP contribution in [0.4, 0.5) is 0 Å². The minimum atomic E-state index is -1.92. The minimum absolute atomic E-state index is 0.0995. The second-order valence-corrected chi connectivity index (χ2v) is 13.2. The average Bonchev–Trinajstić information content (AvgIpc) is 2.72. The number of carbonyl (C=O) groups is 1. The van der Waals surface area contributed by atoms with Crippen molar-refractivity contribution in [1.29, 1.82) is 0 Å². The second kappa shape index (κ2) is 9.09. The first-order chi connectivity index (χ1) is 12.2. The highest BCUT2D eigenvalue weighted by Crippen LogP contribution is 2.38. The Morgan fingerprint density at radius 2 is 1.85 bits per heavy atom. The molecule has 0 N–H and O–H groups in total. The Kier molecular flexibility index (Phi) is 7.35. The maximum absolute atomic E-state index is 12.1. The third-order valence-corrected chi connectivity index (χ3v) is 9.70. The molecular weight excluding hydrogens is 344 g/mol. The van der Waals surface area contributed by atoms with Gasteiger partial charge >= 0.3 is 0 Å². The summed E-state index contributed by atoms with van der Waals surface area (Å²) in [5, 5.41) is 0.116. The lowest BCUT2D eigenvalue weighted by atomic mass is 10.1. The monoisotopic (exact) mass is 376 g/mol. The van der Waals surface area contributed by atoms with Gasteiger partial charge in [0.25, 0.3) is 0 Å². The van der Waals surface area contributed by atoms with Gasteiger partial charge in [-0.3, -0.25) is 4.79 Å². The number of hydrogen-bond donors (Lipinski definition) is 0. The van der Waals surface area contributed by atoms with Crippen LogP contribution in [-0.4, -0.2) is 33.1 Å². The molecule has 0 bridgehead atoms. The number of carbonyl (C=O) groups excluding carboxylic acids is 1. The van der Waals surface area contributed by atoms with E-state index in [0.717, 1.165) is 5.56 Å². The van der Waals surface area contributed by atoms with Gasteiger partial charge < -0.3 is 13.9 Å². The predicted molar refractivity (Wildman–Crippen MR) is 106 cm³/mol. The molecule has 0 aromatic heterocycles. The molecule has 144 valence electrons. The van der Waals surface area contributed by atoms with E-state index in [1.807, 2.05) is 36.4 Å². The van der Waals surface area contributed by atoms with E-state index in [9.17, 15) is 4.79 Å². The highest BCUT2D eigenvalue weighted by atomic mass is 28.4. The Balaban J connectivity index is 1.86. The minimum Gasteiger partial charge on any atom is -0.413 e. The summed E-state index contributed by atoms with van der Waals surface area (Å²) in [6, 6.07) is 10.0. The molecule has 26 heavy (non-hydrogen) atoms. The lowest BCUT2D eigenvalue weighted by Gasteiger charge is -2.39. The number of benzene rings is 1. The molecule has 0 spiro atoms. The van der Waals surface area contributed by atoms with Crippen LogP contribution in [0.1, 0.15) is 39.2 Å². The van der Waals surface area contributed by atoms with Gasteiger partial charge in [0, 0.05) is 12.8 Å². The van der Waals surface area contributed by atoms with Crippen LogP contribution in [0.5, 0.6) is 0 Å². The summed E-state index contributed by atoms with van der Waals surface area (Å²) >= 11 is 0. The van der Waals surface area contributed by atoms with Crippen molar-refractivity contribution >= 4 is 14.1 Å². The molecule has 0 aliphatic heterocycles. The fourth-order valence-electron chi connectivity index (χ4n) is 2.60. The first-order valence-electron chi connectivity index (χ1n) is 9.29. The number of allylic oxidation sites excluding steroid dienone is 1. The molecule has 5 heteroatoms. The molecule has 1 aliphatic carbocycles. The van der Waals surface area contributed by atoms with E-state index < -0.39 is 8.32 Å². The number of hydrogen-bond acceptors (Lipinski definition) is 4. The SMILES string of the molecule is CC(C)(C)[Si](C)(C)O[C@@H]1CC(=O)C=C[C@H](OCOCc2ccccc2)C1. The molecule has 2 rings (SSSR count). The van der Waals surface area contributed by atoms with Gasteiger partial charge in [-0.25, -0.2) is 0 Å².